The summed E-state index contributed by atoms with van der Waals surface area (Å²) in [5.41, 5.74) is 0.788. The van der Waals surface area contributed by atoms with E-state index in [4.69, 9.17) is 0 Å². The average Bonchev–Trinajstić information content (AvgIpc) is 2.39. The van der Waals surface area contributed by atoms with E-state index in [1.54, 1.807) is 0 Å². The molecule has 88 valence electrons. The Hall–Kier alpha value is -0.700. The molecule has 0 radical (unpaired) electrons. The Balaban J connectivity index is 1.80. The molecule has 0 spiro atoms. The van der Waals surface area contributed by atoms with Gasteiger partial charge in [-0.2, -0.15) is 0 Å². The van der Waals surface area contributed by atoms with Gasteiger partial charge in [0, 0.05) is 0 Å². The van der Waals surface area contributed by atoms with Crippen molar-refractivity contribution < 1.29 is 0 Å². The standard InChI is InChI=1S/C15H18P2/c1-13(17-15-10-6-3-7-11-15)12-16-14-8-4-2-5-9-14/h2-11,13,16-17H,12H2,1H3. The van der Waals surface area contributed by atoms with Crippen molar-refractivity contribution in [2.75, 3.05) is 6.16 Å². The quantitative estimate of drug-likeness (QED) is 0.723. The highest BCUT2D eigenvalue weighted by molar-refractivity contribution is 7.51. The first kappa shape index (κ1) is 12.7. The van der Waals surface area contributed by atoms with Crippen molar-refractivity contribution in [2.24, 2.45) is 0 Å². The zero-order valence-electron chi connectivity index (χ0n) is 10.1. The van der Waals surface area contributed by atoms with Crippen LogP contribution in [0, 0.1) is 0 Å². The number of hydrogen-bond acceptors (Lipinski definition) is 0. The Kier molecular flexibility index (Phi) is 5.17. The first-order valence-electron chi connectivity index (χ1n) is 5.95. The Morgan fingerprint density at radius 3 is 1.94 bits per heavy atom. The maximum absolute atomic E-state index is 2.36. The SMILES string of the molecule is CC(CPc1ccccc1)Pc1ccccc1. The second-order valence-electron chi connectivity index (χ2n) is 4.16. The summed E-state index contributed by atoms with van der Waals surface area (Å²) in [7, 11) is 1.88. The second kappa shape index (κ2) is 6.90. The highest BCUT2D eigenvalue weighted by Gasteiger charge is 2.03. The van der Waals surface area contributed by atoms with E-state index in [0.717, 1.165) is 22.8 Å². The van der Waals surface area contributed by atoms with Crippen LogP contribution in [-0.4, -0.2) is 11.8 Å². The lowest BCUT2D eigenvalue weighted by atomic mass is 10.4. The topological polar surface area (TPSA) is 0 Å². The minimum Gasteiger partial charge on any atom is -0.0898 e. The molecule has 0 aliphatic rings. The molecule has 2 aromatic carbocycles. The maximum Gasteiger partial charge on any atom is -0.0185 e. The van der Waals surface area contributed by atoms with Gasteiger partial charge in [0.1, 0.15) is 0 Å². The van der Waals surface area contributed by atoms with Crippen LogP contribution in [0.2, 0.25) is 0 Å². The van der Waals surface area contributed by atoms with Crippen molar-refractivity contribution in [3.63, 3.8) is 0 Å². The predicted octanol–water partition coefficient (Wildman–Crippen LogP) is 3.38. The molecular formula is C15H18P2. The van der Waals surface area contributed by atoms with E-state index in [9.17, 15) is 0 Å². The molecule has 0 heterocycles. The van der Waals surface area contributed by atoms with Crippen LogP contribution in [-0.2, 0) is 0 Å². The average molecular weight is 260 g/mol. The molecule has 0 bridgehead atoms. The lowest BCUT2D eigenvalue weighted by Gasteiger charge is -2.11. The van der Waals surface area contributed by atoms with E-state index in [1.807, 2.05) is 0 Å². The summed E-state index contributed by atoms with van der Waals surface area (Å²) in [6.45, 7) is 2.36. The second-order valence-corrected chi connectivity index (χ2v) is 7.35. The molecule has 2 heteroatoms. The van der Waals surface area contributed by atoms with Gasteiger partial charge in [0.2, 0.25) is 0 Å². The molecule has 2 rings (SSSR count). The fourth-order valence-corrected chi connectivity index (χ4v) is 4.34. The molecule has 2 aromatic rings. The minimum absolute atomic E-state index is 0.788. The van der Waals surface area contributed by atoms with Crippen LogP contribution in [0.1, 0.15) is 6.92 Å². The largest absolute Gasteiger partial charge is 0.0898 e. The monoisotopic (exact) mass is 260 g/mol. The lowest BCUT2D eigenvalue weighted by Crippen LogP contribution is -2.06. The maximum atomic E-state index is 2.36. The summed E-state index contributed by atoms with van der Waals surface area (Å²) in [5, 5.41) is 2.97. The van der Waals surface area contributed by atoms with Crippen LogP contribution in [0.15, 0.2) is 60.7 Å². The highest BCUT2D eigenvalue weighted by Crippen LogP contribution is 2.24. The van der Waals surface area contributed by atoms with Crippen LogP contribution < -0.4 is 10.6 Å². The van der Waals surface area contributed by atoms with Gasteiger partial charge < -0.3 is 0 Å². The van der Waals surface area contributed by atoms with Gasteiger partial charge in [-0.25, -0.2) is 0 Å². The zero-order chi connectivity index (χ0) is 11.9. The third kappa shape index (κ3) is 4.58. The summed E-state index contributed by atoms with van der Waals surface area (Å²) in [6, 6.07) is 21.6. The van der Waals surface area contributed by atoms with Crippen LogP contribution in [0.25, 0.3) is 0 Å². The number of hydrogen-bond donors (Lipinski definition) is 0. The van der Waals surface area contributed by atoms with Gasteiger partial charge in [0.25, 0.3) is 0 Å². The van der Waals surface area contributed by atoms with Gasteiger partial charge in [0.15, 0.2) is 0 Å². The van der Waals surface area contributed by atoms with Crippen LogP contribution in [0.4, 0.5) is 0 Å². The van der Waals surface area contributed by atoms with Crippen LogP contribution in [0.3, 0.4) is 0 Å². The molecular weight excluding hydrogens is 242 g/mol. The first-order chi connectivity index (χ1) is 8.34. The van der Waals surface area contributed by atoms with E-state index >= 15 is 0 Å². The predicted molar refractivity (Wildman–Crippen MR) is 83.1 cm³/mol. The first-order valence-corrected chi connectivity index (χ1v) is 8.23. The summed E-state index contributed by atoms with van der Waals surface area (Å²) in [6.07, 6.45) is 1.30. The van der Waals surface area contributed by atoms with E-state index < -0.39 is 0 Å². The molecule has 0 aliphatic heterocycles. The van der Waals surface area contributed by atoms with Crippen molar-refractivity contribution in [2.45, 2.75) is 12.6 Å². The van der Waals surface area contributed by atoms with Crippen molar-refractivity contribution in [3.8, 4) is 0 Å². The normalized spacial score (nSPS) is 13.7. The van der Waals surface area contributed by atoms with Crippen LogP contribution >= 0.6 is 17.2 Å². The molecule has 0 aliphatic carbocycles. The van der Waals surface area contributed by atoms with Crippen molar-refractivity contribution >= 4 is 27.8 Å². The molecule has 0 amide bonds. The summed E-state index contributed by atoms with van der Waals surface area (Å²) < 4.78 is 0. The van der Waals surface area contributed by atoms with E-state index in [0.29, 0.717) is 0 Å². The molecule has 0 aromatic heterocycles. The molecule has 0 nitrogen and oxygen atoms in total. The molecule has 0 N–H and O–H groups in total. The van der Waals surface area contributed by atoms with Gasteiger partial charge in [-0.1, -0.05) is 84.7 Å². The van der Waals surface area contributed by atoms with E-state index in [-0.39, 0.29) is 0 Å². The van der Waals surface area contributed by atoms with Crippen molar-refractivity contribution in [1.29, 1.82) is 0 Å². The van der Waals surface area contributed by atoms with Crippen molar-refractivity contribution in [3.05, 3.63) is 60.7 Å². The molecule has 17 heavy (non-hydrogen) atoms. The van der Waals surface area contributed by atoms with Crippen LogP contribution in [0.5, 0.6) is 0 Å². The smallest absolute Gasteiger partial charge is 0.0185 e. The fourth-order valence-electron chi connectivity index (χ4n) is 1.70. The molecule has 0 fully saturated rings. The van der Waals surface area contributed by atoms with Gasteiger partial charge in [-0.15, -0.1) is 0 Å². The Labute approximate surface area is 107 Å². The summed E-state index contributed by atoms with van der Waals surface area (Å²) in [5.74, 6) is 0. The van der Waals surface area contributed by atoms with Gasteiger partial charge in [0.05, 0.1) is 0 Å². The Bertz CT molecular complexity index is 425. The fraction of sp³-hybridized carbons (Fsp3) is 0.200. The molecule has 3 unspecified atom stereocenters. The molecule has 0 saturated carbocycles. The van der Waals surface area contributed by atoms with Gasteiger partial charge in [-0.05, 0) is 22.4 Å². The van der Waals surface area contributed by atoms with E-state index in [1.165, 1.54) is 16.8 Å². The van der Waals surface area contributed by atoms with Crippen molar-refractivity contribution in [1.82, 2.24) is 0 Å². The summed E-state index contributed by atoms with van der Waals surface area (Å²) in [4.78, 5) is 0. The number of benzene rings is 2. The lowest BCUT2D eigenvalue weighted by molar-refractivity contribution is 1.13. The van der Waals surface area contributed by atoms with Gasteiger partial charge in [-0.3, -0.25) is 0 Å². The minimum atomic E-state index is 0.788. The van der Waals surface area contributed by atoms with E-state index in [2.05, 4.69) is 67.6 Å². The molecule has 0 saturated heterocycles. The third-order valence-electron chi connectivity index (χ3n) is 2.57. The summed E-state index contributed by atoms with van der Waals surface area (Å²) >= 11 is 0. The van der Waals surface area contributed by atoms with Gasteiger partial charge >= 0.3 is 0 Å². The highest BCUT2D eigenvalue weighted by atomic mass is 31.1. The Morgan fingerprint density at radius 2 is 1.35 bits per heavy atom. The molecule has 3 atom stereocenters. The number of rotatable bonds is 5. The Morgan fingerprint density at radius 1 is 0.824 bits per heavy atom. The third-order valence-corrected chi connectivity index (χ3v) is 5.90. The zero-order valence-corrected chi connectivity index (χ0v) is 12.1.